The molecule has 3 amide bonds. The Kier molecular flexibility index (Phi) is 4.24. The van der Waals surface area contributed by atoms with Gasteiger partial charge in [0.05, 0.1) is 13.5 Å². The van der Waals surface area contributed by atoms with E-state index < -0.39 is 11.9 Å². The van der Waals surface area contributed by atoms with Gasteiger partial charge in [0.15, 0.2) is 0 Å². The van der Waals surface area contributed by atoms with E-state index in [1.165, 1.54) is 7.11 Å². The lowest BCUT2D eigenvalue weighted by Crippen LogP contribution is -2.40. The van der Waals surface area contributed by atoms with Gasteiger partial charge in [-0.3, -0.25) is 19.7 Å². The summed E-state index contributed by atoms with van der Waals surface area (Å²) in [4.78, 5) is 41.8. The fraction of sp³-hybridized carbons (Fsp3) is 0.417. The molecule has 0 saturated carbocycles. The summed E-state index contributed by atoms with van der Waals surface area (Å²) in [6, 6.07) is -0.499. The monoisotopic (exact) mass is 278 g/mol. The first-order chi connectivity index (χ1) is 9.58. The summed E-state index contributed by atoms with van der Waals surface area (Å²) < 4.78 is 4.83. The zero-order valence-corrected chi connectivity index (χ0v) is 10.9. The van der Waals surface area contributed by atoms with Crippen LogP contribution >= 0.6 is 0 Å². The number of aromatic nitrogens is 2. The molecular weight excluding hydrogens is 264 g/mol. The molecule has 2 heterocycles. The molecule has 0 radical (unpaired) electrons. The quantitative estimate of drug-likeness (QED) is 0.665. The van der Waals surface area contributed by atoms with Gasteiger partial charge in [-0.15, -0.1) is 0 Å². The maximum Gasteiger partial charge on any atom is 0.316 e. The second-order valence-electron chi connectivity index (χ2n) is 4.31. The van der Waals surface area contributed by atoms with E-state index in [2.05, 4.69) is 20.6 Å². The van der Waals surface area contributed by atoms with Crippen molar-refractivity contribution in [3.05, 3.63) is 18.0 Å². The van der Waals surface area contributed by atoms with E-state index in [0.717, 1.165) is 5.56 Å². The Hall–Kier alpha value is -2.51. The number of rotatable bonds is 5. The Labute approximate surface area is 114 Å². The van der Waals surface area contributed by atoms with Gasteiger partial charge < -0.3 is 10.1 Å². The van der Waals surface area contributed by atoms with Gasteiger partial charge in [0, 0.05) is 18.8 Å². The number of carbonyl (C=O) groups excluding carboxylic acids is 3. The van der Waals surface area contributed by atoms with Crippen LogP contribution in [0.2, 0.25) is 0 Å². The predicted octanol–water partition coefficient (Wildman–Crippen LogP) is -1.05. The van der Waals surface area contributed by atoms with E-state index >= 15 is 0 Å². The lowest BCUT2D eigenvalue weighted by atomic mass is 10.1. The zero-order chi connectivity index (χ0) is 14.5. The molecule has 106 valence electrons. The molecule has 1 fully saturated rings. The molecule has 1 saturated heterocycles. The second-order valence-corrected chi connectivity index (χ2v) is 4.31. The van der Waals surface area contributed by atoms with Gasteiger partial charge in [-0.2, -0.15) is 0 Å². The number of aryl methyl sites for hydroxylation is 1. The number of amides is 3. The largest absolute Gasteiger partial charge is 0.467 e. The number of imide groups is 1. The molecule has 1 aliphatic heterocycles. The summed E-state index contributed by atoms with van der Waals surface area (Å²) in [6.45, 7) is 0. The van der Waals surface area contributed by atoms with Gasteiger partial charge in [0.2, 0.25) is 17.7 Å². The minimum absolute atomic E-state index is 0.00375. The van der Waals surface area contributed by atoms with Crippen LogP contribution in [0.4, 0.5) is 0 Å². The number of methoxy groups -OCH3 is 1. The Bertz CT molecular complexity index is 529. The van der Waals surface area contributed by atoms with Gasteiger partial charge in [-0.05, 0) is 12.0 Å². The Morgan fingerprint density at radius 1 is 1.45 bits per heavy atom. The number of hydrogen-bond acceptors (Lipinski definition) is 6. The van der Waals surface area contributed by atoms with Gasteiger partial charge in [-0.25, -0.2) is 9.97 Å². The smallest absolute Gasteiger partial charge is 0.316 e. The van der Waals surface area contributed by atoms with Gasteiger partial charge in [0.1, 0.15) is 6.04 Å². The molecule has 8 heteroatoms. The fourth-order valence-corrected chi connectivity index (χ4v) is 1.77. The number of nitrogens with zero attached hydrogens (tertiary/aromatic N) is 2. The minimum Gasteiger partial charge on any atom is -0.467 e. The van der Waals surface area contributed by atoms with Crippen molar-refractivity contribution in [2.45, 2.75) is 25.3 Å². The van der Waals surface area contributed by atoms with Crippen molar-refractivity contribution < 1.29 is 19.1 Å². The average molecular weight is 278 g/mol. The number of nitrogens with one attached hydrogen (secondary N) is 2. The highest BCUT2D eigenvalue weighted by molar-refractivity contribution is 6.06. The van der Waals surface area contributed by atoms with Crippen molar-refractivity contribution in [3.8, 4) is 6.01 Å². The molecule has 0 aromatic carbocycles. The summed E-state index contributed by atoms with van der Waals surface area (Å²) in [5.74, 6) is -1.13. The highest BCUT2D eigenvalue weighted by Gasteiger charge is 2.31. The fourth-order valence-electron chi connectivity index (χ4n) is 1.77. The van der Waals surface area contributed by atoms with Crippen molar-refractivity contribution >= 4 is 17.7 Å². The molecule has 1 unspecified atom stereocenters. The van der Waals surface area contributed by atoms with Gasteiger partial charge in [0.25, 0.3) is 0 Å². The molecule has 2 N–H and O–H groups in total. The summed E-state index contributed by atoms with van der Waals surface area (Å²) in [7, 11) is 1.47. The predicted molar refractivity (Wildman–Crippen MR) is 66.6 cm³/mol. The summed E-state index contributed by atoms with van der Waals surface area (Å²) in [6.07, 6.45) is 3.78. The number of ether oxygens (including phenoxy) is 1. The maximum absolute atomic E-state index is 11.7. The van der Waals surface area contributed by atoms with Crippen LogP contribution in [-0.2, 0) is 20.8 Å². The molecule has 2 rings (SSSR count). The molecule has 1 aromatic heterocycles. The van der Waals surface area contributed by atoms with E-state index in [1.807, 2.05) is 0 Å². The van der Waals surface area contributed by atoms with Crippen molar-refractivity contribution in [3.63, 3.8) is 0 Å². The van der Waals surface area contributed by atoms with E-state index in [4.69, 9.17) is 4.74 Å². The standard InChI is InChI=1S/C12H14N4O4/c1-20-12-13-5-7(6-14-12)2-3-9(17)15-8-4-10(18)16-11(8)19/h5-6,8H,2-4H2,1H3,(H,15,17)(H,16,18,19). The van der Waals surface area contributed by atoms with Crippen molar-refractivity contribution in [1.82, 2.24) is 20.6 Å². The van der Waals surface area contributed by atoms with E-state index in [0.29, 0.717) is 6.42 Å². The van der Waals surface area contributed by atoms with Crippen molar-refractivity contribution in [2.24, 2.45) is 0 Å². The van der Waals surface area contributed by atoms with Gasteiger partial charge in [-0.1, -0.05) is 0 Å². The Morgan fingerprint density at radius 3 is 2.70 bits per heavy atom. The lowest BCUT2D eigenvalue weighted by molar-refractivity contribution is -0.128. The number of hydrogen-bond donors (Lipinski definition) is 2. The van der Waals surface area contributed by atoms with Gasteiger partial charge >= 0.3 is 6.01 Å². The zero-order valence-electron chi connectivity index (χ0n) is 10.9. The first-order valence-electron chi connectivity index (χ1n) is 6.06. The molecule has 0 bridgehead atoms. The van der Waals surface area contributed by atoms with E-state index in [9.17, 15) is 14.4 Å². The maximum atomic E-state index is 11.7. The molecule has 1 aliphatic rings. The minimum atomic E-state index is -0.762. The van der Waals surface area contributed by atoms with Crippen molar-refractivity contribution in [2.75, 3.05) is 7.11 Å². The first kappa shape index (κ1) is 13.9. The molecular formula is C12H14N4O4. The third-order valence-electron chi connectivity index (χ3n) is 2.81. The molecule has 0 spiro atoms. The van der Waals surface area contributed by atoms with Crippen LogP contribution < -0.4 is 15.4 Å². The normalized spacial score (nSPS) is 17.8. The van der Waals surface area contributed by atoms with Crippen LogP contribution in [0.15, 0.2) is 12.4 Å². The summed E-state index contributed by atoms with van der Waals surface area (Å²) in [5, 5.41) is 4.65. The molecule has 0 aliphatic carbocycles. The molecule has 8 nitrogen and oxygen atoms in total. The highest BCUT2D eigenvalue weighted by atomic mass is 16.5. The second kappa shape index (κ2) is 6.09. The van der Waals surface area contributed by atoms with Crippen LogP contribution in [-0.4, -0.2) is 40.8 Å². The third kappa shape index (κ3) is 3.50. The highest BCUT2D eigenvalue weighted by Crippen LogP contribution is 2.06. The Morgan fingerprint density at radius 2 is 2.15 bits per heavy atom. The van der Waals surface area contributed by atoms with Crippen LogP contribution in [0, 0.1) is 0 Å². The van der Waals surface area contributed by atoms with Crippen LogP contribution in [0.3, 0.4) is 0 Å². The number of carbonyl (C=O) groups is 3. The van der Waals surface area contributed by atoms with E-state index in [-0.39, 0.29) is 30.7 Å². The topological polar surface area (TPSA) is 110 Å². The molecule has 20 heavy (non-hydrogen) atoms. The SMILES string of the molecule is COc1ncc(CCC(=O)NC2CC(=O)NC2=O)cn1. The summed E-state index contributed by atoms with van der Waals surface area (Å²) >= 11 is 0. The van der Waals surface area contributed by atoms with Crippen LogP contribution in [0.5, 0.6) is 6.01 Å². The lowest BCUT2D eigenvalue weighted by Gasteiger charge is -2.08. The third-order valence-corrected chi connectivity index (χ3v) is 2.81. The van der Waals surface area contributed by atoms with Crippen molar-refractivity contribution in [1.29, 1.82) is 0 Å². The molecule has 1 atom stereocenters. The van der Waals surface area contributed by atoms with Crippen LogP contribution in [0.25, 0.3) is 0 Å². The Balaban J connectivity index is 1.80. The molecule has 1 aromatic rings. The first-order valence-corrected chi connectivity index (χ1v) is 6.06. The average Bonchev–Trinajstić information content (AvgIpc) is 2.75. The van der Waals surface area contributed by atoms with Crippen LogP contribution in [0.1, 0.15) is 18.4 Å². The van der Waals surface area contributed by atoms with E-state index in [1.54, 1.807) is 12.4 Å². The summed E-state index contributed by atoms with van der Waals surface area (Å²) in [5.41, 5.74) is 0.785.